The quantitative estimate of drug-likeness (QED) is 0.0634. The molecule has 10 aromatic rings. The molecule has 3 N–H and O–H groups in total. The van der Waals surface area contributed by atoms with Crippen molar-refractivity contribution < 1.29 is 53.8 Å². The van der Waals surface area contributed by atoms with Gasteiger partial charge in [0.05, 0.1) is 34.5 Å². The predicted octanol–water partition coefficient (Wildman–Crippen LogP) is 9.66. The van der Waals surface area contributed by atoms with Crippen LogP contribution in [-0.4, -0.2) is 124 Å². The van der Waals surface area contributed by atoms with Gasteiger partial charge in [-0.2, -0.15) is 30.7 Å². The number of hydrogen-bond donors (Lipinski definition) is 3. The Morgan fingerprint density at radius 1 is 0.426 bits per heavy atom. The van der Waals surface area contributed by atoms with Gasteiger partial charge in [-0.1, -0.05) is 89.4 Å². The zero-order chi connectivity index (χ0) is 77.6. The Labute approximate surface area is 633 Å². The van der Waals surface area contributed by atoms with E-state index in [0.717, 1.165) is 34.9 Å². The van der Waals surface area contributed by atoms with Gasteiger partial charge in [0, 0.05) is 51.8 Å². The molecule has 9 heterocycles. The smallest absolute Gasteiger partial charge is 0.269 e. The van der Waals surface area contributed by atoms with Crippen molar-refractivity contribution in [3.8, 4) is 53.1 Å². The standard InChI is InChI=1S/3C23H19ClN4O5S.C6H6/c3*1-14-10-17(5-6-19(14)24)33-22-18(23(30)28-8-3-2-4-20(28)27-22)11-15(12-25)21(29)26-16-7-9-34(31,32)13-16;1-2-4-6-5-3-1/h3*2-6,8,10-11,16H,7,9,13H2,1H3,(H,26,29);1-6H/b3*15-11+;. The van der Waals surface area contributed by atoms with Gasteiger partial charge < -0.3 is 30.2 Å². The molecule has 0 aliphatic carbocycles. The third kappa shape index (κ3) is 20.2. The van der Waals surface area contributed by atoms with Crippen LogP contribution in [0.3, 0.4) is 0 Å². The SMILES string of the molecule is Cc1cc(Oc2nc3ccccn3c(=O)c2/C=C(\C#N)C(=O)NC2CCS(=O)(=O)C2)ccc1Cl.Cc1cc(Oc2nc3ccccn3c(=O)c2/C=C(\C#N)C(=O)NC2CCS(=O)(=O)C2)ccc1Cl.Cc1cc(Oc2nc3ccccn3c(=O)c2/C=C(\C#N)C(=O)NC2CCS(=O)(=O)C2)ccc1Cl.c1ccccc1. The lowest BCUT2D eigenvalue weighted by Gasteiger charge is -2.12. The Bertz CT molecular complexity index is 5430. The molecular weight excluding hydrogens is 1510 g/mol. The van der Waals surface area contributed by atoms with Crippen molar-refractivity contribution in [2.45, 2.75) is 58.2 Å². The zero-order valence-electron chi connectivity index (χ0n) is 57.4. The van der Waals surface area contributed by atoms with Gasteiger partial charge in [0.15, 0.2) is 29.5 Å². The average Bonchev–Trinajstić information content (AvgIpc) is 1.20. The molecule has 0 saturated carbocycles. The van der Waals surface area contributed by atoms with Gasteiger partial charge >= 0.3 is 0 Å². The number of rotatable bonds is 15. The number of sulfone groups is 3. The topological polar surface area (TPSA) is 392 Å². The number of aryl methyl sites for hydroxylation is 3. The number of nitrogens with one attached hydrogen (secondary N) is 3. The minimum absolute atomic E-state index is 0.0298. The van der Waals surface area contributed by atoms with Gasteiger partial charge in [-0.25, -0.2) is 25.3 Å². The number of aromatic nitrogens is 6. The van der Waals surface area contributed by atoms with Gasteiger partial charge in [-0.15, -0.1) is 0 Å². The zero-order valence-corrected chi connectivity index (χ0v) is 62.1. The minimum Gasteiger partial charge on any atom is -0.438 e. The molecule has 552 valence electrons. The number of benzene rings is 4. The fourth-order valence-corrected chi connectivity index (χ4v) is 16.4. The van der Waals surface area contributed by atoms with E-state index >= 15 is 0 Å². The van der Waals surface area contributed by atoms with E-state index in [-0.39, 0.29) is 105 Å². The first-order valence-electron chi connectivity index (χ1n) is 32.8. The Balaban J connectivity index is 0.000000166. The number of amides is 3. The van der Waals surface area contributed by atoms with Crippen LogP contribution >= 0.6 is 34.8 Å². The molecule has 4 aromatic carbocycles. The van der Waals surface area contributed by atoms with Crippen molar-refractivity contribution in [3.05, 3.63) is 260 Å². The van der Waals surface area contributed by atoms with Gasteiger partial charge in [0.1, 0.15) is 85.8 Å². The van der Waals surface area contributed by atoms with E-state index in [9.17, 15) is 69.8 Å². The molecule has 0 radical (unpaired) electrons. The van der Waals surface area contributed by atoms with Crippen molar-refractivity contribution in [1.82, 2.24) is 44.1 Å². The fourth-order valence-electron chi connectivity index (χ4n) is 11.0. The Kier molecular flexibility index (Phi) is 25.2. The summed E-state index contributed by atoms with van der Waals surface area (Å²) in [6.45, 7) is 5.38. The molecule has 3 saturated heterocycles. The van der Waals surface area contributed by atoms with E-state index in [1.807, 2.05) is 36.4 Å². The first-order chi connectivity index (χ1) is 51.5. The monoisotopic (exact) mass is 1570 g/mol. The third-order valence-electron chi connectivity index (χ3n) is 16.6. The molecular formula is C75H63Cl3N12O15S3. The molecule has 0 bridgehead atoms. The van der Waals surface area contributed by atoms with Crippen LogP contribution in [0, 0.1) is 54.8 Å². The predicted molar refractivity (Wildman–Crippen MR) is 406 cm³/mol. The summed E-state index contributed by atoms with van der Waals surface area (Å²) in [5.41, 5.74) is 0.0705. The van der Waals surface area contributed by atoms with Crippen LogP contribution in [0.1, 0.15) is 52.6 Å². The highest BCUT2D eigenvalue weighted by Crippen LogP contribution is 2.32. The second-order valence-corrected chi connectivity index (χ2v) is 32.5. The minimum atomic E-state index is -3.22. The lowest BCUT2D eigenvalue weighted by atomic mass is 10.1. The number of nitrogens with zero attached hydrogens (tertiary/aromatic N) is 9. The molecule has 3 aliphatic rings. The normalized spacial score (nSPS) is 16.8. The summed E-state index contributed by atoms with van der Waals surface area (Å²) >= 11 is 18.2. The summed E-state index contributed by atoms with van der Waals surface area (Å²) in [6.07, 6.45) is 8.62. The summed E-state index contributed by atoms with van der Waals surface area (Å²) in [5, 5.41) is 38.1. The number of pyridine rings is 3. The molecule has 33 heteroatoms. The maximum absolute atomic E-state index is 13.2. The van der Waals surface area contributed by atoms with Crippen LogP contribution in [-0.2, 0) is 43.9 Å². The Morgan fingerprint density at radius 2 is 0.685 bits per heavy atom. The highest BCUT2D eigenvalue weighted by atomic mass is 35.5. The molecule has 27 nitrogen and oxygen atoms in total. The highest BCUT2D eigenvalue weighted by Gasteiger charge is 2.33. The number of hydrogen-bond acceptors (Lipinski definition) is 21. The lowest BCUT2D eigenvalue weighted by Crippen LogP contribution is -2.36. The van der Waals surface area contributed by atoms with Crippen LogP contribution in [0.2, 0.25) is 15.1 Å². The van der Waals surface area contributed by atoms with Gasteiger partial charge in [-0.05, 0) is 166 Å². The van der Waals surface area contributed by atoms with Crippen LogP contribution in [0.15, 0.2) is 195 Å². The van der Waals surface area contributed by atoms with Crippen molar-refractivity contribution in [2.75, 3.05) is 34.5 Å². The maximum atomic E-state index is 13.2. The second-order valence-electron chi connectivity index (χ2n) is 24.6. The summed E-state index contributed by atoms with van der Waals surface area (Å²) in [6, 6.07) is 45.2. The van der Waals surface area contributed by atoms with Crippen LogP contribution in [0.25, 0.3) is 35.2 Å². The van der Waals surface area contributed by atoms with Gasteiger partial charge in [0.2, 0.25) is 17.6 Å². The first kappa shape index (κ1) is 78.8. The van der Waals surface area contributed by atoms with Crippen molar-refractivity contribution in [3.63, 3.8) is 0 Å². The van der Waals surface area contributed by atoms with Crippen LogP contribution in [0.4, 0.5) is 0 Å². The van der Waals surface area contributed by atoms with E-state index in [1.54, 1.807) is 148 Å². The molecule has 3 fully saturated rings. The molecule has 0 spiro atoms. The average molecular weight is 1570 g/mol. The Hall–Kier alpha value is -11.8. The number of halogens is 3. The van der Waals surface area contributed by atoms with E-state index < -0.39 is 82.0 Å². The summed E-state index contributed by atoms with van der Waals surface area (Å²) in [7, 11) is -9.66. The first-order valence-corrected chi connectivity index (χ1v) is 39.4. The van der Waals surface area contributed by atoms with Crippen molar-refractivity contribution >= 4 is 117 Å². The number of nitriles is 3. The van der Waals surface area contributed by atoms with Gasteiger partial charge in [0.25, 0.3) is 34.4 Å². The number of carbonyl (C=O) groups is 3. The number of fused-ring (bicyclic) bond motifs is 3. The van der Waals surface area contributed by atoms with Crippen molar-refractivity contribution in [1.29, 1.82) is 15.8 Å². The third-order valence-corrected chi connectivity index (χ3v) is 23.1. The van der Waals surface area contributed by atoms with E-state index in [1.165, 1.54) is 31.8 Å². The van der Waals surface area contributed by atoms with Crippen LogP contribution in [0.5, 0.6) is 34.9 Å². The summed E-state index contributed by atoms with van der Waals surface area (Å²) in [5.74, 6) is -2.21. The number of ether oxygens (including phenoxy) is 3. The molecule has 108 heavy (non-hydrogen) atoms. The second kappa shape index (κ2) is 34.6. The molecule has 3 atom stereocenters. The maximum Gasteiger partial charge on any atom is 0.269 e. The summed E-state index contributed by atoms with van der Waals surface area (Å²) < 4.78 is 91.5. The van der Waals surface area contributed by atoms with Crippen LogP contribution < -0.4 is 46.8 Å². The molecule has 3 unspecified atom stereocenters. The van der Waals surface area contributed by atoms with E-state index in [4.69, 9.17) is 49.0 Å². The molecule has 3 aliphatic heterocycles. The Morgan fingerprint density at radius 3 is 0.907 bits per heavy atom. The number of carbonyl (C=O) groups excluding carboxylic acids is 3. The van der Waals surface area contributed by atoms with E-state index in [2.05, 4.69) is 30.9 Å². The summed E-state index contributed by atoms with van der Waals surface area (Å²) in [4.78, 5) is 90.9. The lowest BCUT2D eigenvalue weighted by molar-refractivity contribution is -0.118. The van der Waals surface area contributed by atoms with Crippen molar-refractivity contribution in [2.24, 2.45) is 0 Å². The largest absolute Gasteiger partial charge is 0.438 e. The molecule has 3 amide bonds. The molecule has 13 rings (SSSR count). The highest BCUT2D eigenvalue weighted by molar-refractivity contribution is 7.92. The van der Waals surface area contributed by atoms with E-state index in [0.29, 0.717) is 49.3 Å². The molecule has 6 aromatic heterocycles. The van der Waals surface area contributed by atoms with Gasteiger partial charge in [-0.3, -0.25) is 42.0 Å². The fraction of sp³-hybridized carbons (Fsp3) is 0.200.